The van der Waals surface area contributed by atoms with Crippen molar-refractivity contribution in [2.24, 2.45) is 0 Å². The lowest BCUT2D eigenvalue weighted by molar-refractivity contribution is -0.146. The second-order valence-corrected chi connectivity index (χ2v) is 9.95. The summed E-state index contributed by atoms with van der Waals surface area (Å²) in [6.45, 7) is 3.39. The van der Waals surface area contributed by atoms with E-state index in [0.29, 0.717) is 49.1 Å². The third-order valence-electron chi connectivity index (χ3n) is 6.34. The number of methoxy groups -OCH3 is 1. The van der Waals surface area contributed by atoms with Crippen molar-refractivity contribution < 1.29 is 23.9 Å². The zero-order valence-electron chi connectivity index (χ0n) is 22.4. The molecule has 0 unspecified atom stereocenters. The molecule has 0 spiro atoms. The first kappa shape index (κ1) is 30.5. The van der Waals surface area contributed by atoms with Crippen molar-refractivity contribution in [3.63, 3.8) is 0 Å². The molecule has 0 bridgehead atoms. The number of amides is 2. The van der Waals surface area contributed by atoms with Gasteiger partial charge in [-0.05, 0) is 49.1 Å². The molecule has 3 rings (SSSR count). The Morgan fingerprint density at radius 3 is 2.49 bits per heavy atom. The molecule has 10 heteroatoms. The molecule has 0 aliphatic carbocycles. The first-order valence-electron chi connectivity index (χ1n) is 13.0. The monoisotopic (exact) mass is 575 g/mol. The summed E-state index contributed by atoms with van der Waals surface area (Å²) >= 11 is 12.3. The van der Waals surface area contributed by atoms with Gasteiger partial charge in [-0.3, -0.25) is 14.4 Å². The number of halogens is 2. The van der Waals surface area contributed by atoms with Gasteiger partial charge in [-0.15, -0.1) is 0 Å². The van der Waals surface area contributed by atoms with E-state index in [0.717, 1.165) is 22.0 Å². The van der Waals surface area contributed by atoms with E-state index in [2.05, 4.69) is 4.98 Å². The molecular weight excluding hydrogens is 541 g/mol. The fourth-order valence-electron chi connectivity index (χ4n) is 4.30. The minimum atomic E-state index is -0.436. The second kappa shape index (κ2) is 15.5. The van der Waals surface area contributed by atoms with Gasteiger partial charge in [-0.25, -0.2) is 0 Å². The van der Waals surface area contributed by atoms with Crippen LogP contribution in [-0.4, -0.2) is 72.5 Å². The van der Waals surface area contributed by atoms with Gasteiger partial charge < -0.3 is 24.3 Å². The van der Waals surface area contributed by atoms with Gasteiger partial charge in [-0.2, -0.15) is 0 Å². The highest BCUT2D eigenvalue weighted by Gasteiger charge is 2.23. The van der Waals surface area contributed by atoms with Crippen molar-refractivity contribution in [2.75, 3.05) is 40.0 Å². The van der Waals surface area contributed by atoms with Gasteiger partial charge in [0.25, 0.3) is 0 Å². The summed E-state index contributed by atoms with van der Waals surface area (Å²) in [6, 6.07) is 13.3. The summed E-state index contributed by atoms with van der Waals surface area (Å²) in [5.41, 5.74) is 2.96. The highest BCUT2D eigenvalue weighted by molar-refractivity contribution is 6.42. The largest absolute Gasteiger partial charge is 0.466 e. The number of carbonyl (C=O) groups excluding carboxylic acids is 3. The SMILES string of the molecule is CCOC(=O)CCC(=O)N(CCCOC)CC(=O)N(CCc1c[nH]c2ccccc12)Cc1ccc(Cl)c(Cl)c1. The summed E-state index contributed by atoms with van der Waals surface area (Å²) in [4.78, 5) is 44.9. The van der Waals surface area contributed by atoms with E-state index in [4.69, 9.17) is 32.7 Å². The Kier molecular flexibility index (Phi) is 12.1. The normalized spacial score (nSPS) is 11.0. The first-order valence-corrected chi connectivity index (χ1v) is 13.8. The maximum Gasteiger partial charge on any atom is 0.306 e. The number of rotatable bonds is 15. The predicted octanol–water partition coefficient (Wildman–Crippen LogP) is 5.25. The quantitative estimate of drug-likeness (QED) is 0.197. The lowest BCUT2D eigenvalue weighted by atomic mass is 10.1. The van der Waals surface area contributed by atoms with Gasteiger partial charge >= 0.3 is 5.97 Å². The summed E-state index contributed by atoms with van der Waals surface area (Å²) in [5, 5.41) is 1.96. The van der Waals surface area contributed by atoms with Crippen LogP contribution >= 0.6 is 23.2 Å². The molecule has 2 aromatic carbocycles. The number of benzene rings is 2. The van der Waals surface area contributed by atoms with E-state index < -0.39 is 5.97 Å². The molecule has 39 heavy (non-hydrogen) atoms. The Bertz CT molecular complexity index is 1260. The number of nitrogens with one attached hydrogen (secondary N) is 1. The highest BCUT2D eigenvalue weighted by Crippen LogP contribution is 2.24. The van der Waals surface area contributed by atoms with Gasteiger partial charge in [0.2, 0.25) is 11.8 Å². The Hall–Kier alpha value is -3.07. The molecular formula is C29H35Cl2N3O5. The fraction of sp³-hybridized carbons (Fsp3) is 0.414. The van der Waals surface area contributed by atoms with Crippen LogP contribution in [0.3, 0.4) is 0 Å². The first-order chi connectivity index (χ1) is 18.8. The van der Waals surface area contributed by atoms with Crippen molar-refractivity contribution in [3.8, 4) is 0 Å². The number of carbonyl (C=O) groups is 3. The van der Waals surface area contributed by atoms with Crippen molar-refractivity contribution >= 4 is 51.9 Å². The van der Waals surface area contributed by atoms with E-state index in [9.17, 15) is 14.4 Å². The molecule has 1 heterocycles. The Balaban J connectivity index is 1.76. The highest BCUT2D eigenvalue weighted by atomic mass is 35.5. The minimum Gasteiger partial charge on any atom is -0.466 e. The summed E-state index contributed by atoms with van der Waals surface area (Å²) in [5.74, 6) is -0.921. The fourth-order valence-corrected chi connectivity index (χ4v) is 4.62. The average Bonchev–Trinajstić information content (AvgIpc) is 3.34. The van der Waals surface area contributed by atoms with Crippen LogP contribution < -0.4 is 0 Å². The van der Waals surface area contributed by atoms with Crippen molar-refractivity contribution in [1.82, 2.24) is 14.8 Å². The molecule has 0 atom stereocenters. The molecule has 3 aromatic rings. The standard InChI is InChI=1S/C29H35Cl2N3O5/c1-3-39-29(37)12-11-27(35)33(14-6-16-38-2)20-28(36)34(19-21-9-10-24(30)25(31)17-21)15-13-22-18-32-26-8-5-4-7-23(22)26/h4-5,7-10,17-18,32H,3,6,11-16,19-20H2,1-2H3. The second-order valence-electron chi connectivity index (χ2n) is 9.14. The third kappa shape index (κ3) is 9.27. The number of aromatic amines is 1. The number of para-hydroxylation sites is 1. The molecule has 210 valence electrons. The molecule has 1 N–H and O–H groups in total. The van der Waals surface area contributed by atoms with Crippen LogP contribution in [0.15, 0.2) is 48.7 Å². The summed E-state index contributed by atoms with van der Waals surface area (Å²) in [7, 11) is 1.59. The number of esters is 1. The van der Waals surface area contributed by atoms with E-state index in [1.54, 1.807) is 31.1 Å². The lowest BCUT2D eigenvalue weighted by Gasteiger charge is -2.28. The van der Waals surface area contributed by atoms with E-state index in [1.807, 2.05) is 36.5 Å². The molecule has 2 amide bonds. The number of hydrogen-bond donors (Lipinski definition) is 1. The zero-order valence-corrected chi connectivity index (χ0v) is 23.9. The van der Waals surface area contributed by atoms with Crippen LogP contribution in [0, 0.1) is 0 Å². The molecule has 1 aromatic heterocycles. The number of aromatic nitrogens is 1. The van der Waals surface area contributed by atoms with Crippen molar-refractivity contribution in [3.05, 3.63) is 69.8 Å². The van der Waals surface area contributed by atoms with Crippen molar-refractivity contribution in [2.45, 2.75) is 39.2 Å². The maximum absolute atomic E-state index is 13.7. The van der Waals surface area contributed by atoms with Gasteiger partial charge in [-0.1, -0.05) is 47.5 Å². The van der Waals surface area contributed by atoms with Crippen molar-refractivity contribution in [1.29, 1.82) is 0 Å². The number of ether oxygens (including phenoxy) is 2. The predicted molar refractivity (Wildman–Crippen MR) is 153 cm³/mol. The number of H-pyrrole nitrogens is 1. The van der Waals surface area contributed by atoms with Gasteiger partial charge in [0.1, 0.15) is 0 Å². The lowest BCUT2D eigenvalue weighted by Crippen LogP contribution is -2.44. The summed E-state index contributed by atoms with van der Waals surface area (Å²) in [6.07, 6.45) is 3.09. The van der Waals surface area contributed by atoms with Crippen LogP contribution in [0.2, 0.25) is 10.0 Å². The number of nitrogens with zero attached hydrogens (tertiary/aromatic N) is 2. The Labute approximate surface area is 239 Å². The van der Waals surface area contributed by atoms with Crippen LogP contribution in [-0.2, 0) is 36.8 Å². The van der Waals surface area contributed by atoms with E-state index in [1.165, 1.54) is 4.90 Å². The van der Waals surface area contributed by atoms with E-state index >= 15 is 0 Å². The topological polar surface area (TPSA) is 91.9 Å². The smallest absolute Gasteiger partial charge is 0.306 e. The van der Waals surface area contributed by atoms with Crippen LogP contribution in [0.25, 0.3) is 10.9 Å². The molecule has 0 fully saturated rings. The molecule has 0 saturated heterocycles. The molecule has 0 aliphatic heterocycles. The third-order valence-corrected chi connectivity index (χ3v) is 7.08. The molecule has 0 saturated carbocycles. The van der Waals surface area contributed by atoms with Crippen LogP contribution in [0.5, 0.6) is 0 Å². The molecule has 0 radical (unpaired) electrons. The van der Waals surface area contributed by atoms with Gasteiger partial charge in [0.05, 0.1) is 29.6 Å². The average molecular weight is 577 g/mol. The maximum atomic E-state index is 13.7. The minimum absolute atomic E-state index is 0.0266. The van der Waals surface area contributed by atoms with E-state index in [-0.39, 0.29) is 37.8 Å². The van der Waals surface area contributed by atoms with Crippen LogP contribution in [0.1, 0.15) is 37.3 Å². The molecule has 8 nitrogen and oxygen atoms in total. The Morgan fingerprint density at radius 1 is 0.949 bits per heavy atom. The van der Waals surface area contributed by atoms with Gasteiger partial charge in [0, 0.05) is 56.9 Å². The number of hydrogen-bond acceptors (Lipinski definition) is 5. The Morgan fingerprint density at radius 2 is 1.74 bits per heavy atom. The molecule has 0 aliphatic rings. The number of fused-ring (bicyclic) bond motifs is 1. The van der Waals surface area contributed by atoms with Crippen LogP contribution in [0.4, 0.5) is 0 Å². The van der Waals surface area contributed by atoms with Gasteiger partial charge in [0.15, 0.2) is 0 Å². The zero-order chi connectivity index (χ0) is 28.2. The summed E-state index contributed by atoms with van der Waals surface area (Å²) < 4.78 is 10.1.